The van der Waals surface area contributed by atoms with Crippen molar-refractivity contribution >= 4 is 34.3 Å². The molecule has 3 aromatic rings. The van der Waals surface area contributed by atoms with E-state index in [1.54, 1.807) is 12.3 Å². The number of hydrazone groups is 1. The van der Waals surface area contributed by atoms with Gasteiger partial charge in [-0.15, -0.1) is 11.3 Å². The molecule has 3 rings (SSSR count). The van der Waals surface area contributed by atoms with Gasteiger partial charge >= 0.3 is 0 Å². The molecule has 1 N–H and O–H groups in total. The van der Waals surface area contributed by atoms with E-state index < -0.39 is 0 Å². The third-order valence-corrected chi connectivity index (χ3v) is 4.67. The minimum Gasteiger partial charge on any atom is -0.490 e. The molecule has 1 heterocycles. The van der Waals surface area contributed by atoms with E-state index in [9.17, 15) is 0 Å². The summed E-state index contributed by atoms with van der Waals surface area (Å²) in [7, 11) is 0. The summed E-state index contributed by atoms with van der Waals surface area (Å²) >= 11 is 7.83. The fourth-order valence-electron chi connectivity index (χ4n) is 2.41. The van der Waals surface area contributed by atoms with Gasteiger partial charge in [0.05, 0.1) is 30.1 Å². The van der Waals surface area contributed by atoms with E-state index in [2.05, 4.69) is 15.5 Å². The van der Waals surface area contributed by atoms with Crippen LogP contribution in [0.1, 0.15) is 19.4 Å². The first-order valence-corrected chi connectivity index (χ1v) is 9.86. The first-order valence-electron chi connectivity index (χ1n) is 8.60. The van der Waals surface area contributed by atoms with Crippen molar-refractivity contribution in [2.45, 2.75) is 13.8 Å². The molecule has 2 aromatic carbocycles. The topological polar surface area (TPSA) is 55.7 Å². The zero-order valence-electron chi connectivity index (χ0n) is 15.1. The molecule has 0 bridgehead atoms. The number of aromatic nitrogens is 1. The second kappa shape index (κ2) is 9.39. The number of thiazole rings is 1. The van der Waals surface area contributed by atoms with Crippen molar-refractivity contribution in [2.75, 3.05) is 18.6 Å². The Morgan fingerprint density at radius 2 is 1.81 bits per heavy atom. The fourth-order valence-corrected chi connectivity index (χ4v) is 3.28. The van der Waals surface area contributed by atoms with Gasteiger partial charge in [-0.25, -0.2) is 4.98 Å². The summed E-state index contributed by atoms with van der Waals surface area (Å²) in [5.41, 5.74) is 5.66. The highest BCUT2D eigenvalue weighted by atomic mass is 35.5. The van der Waals surface area contributed by atoms with Crippen LogP contribution < -0.4 is 14.9 Å². The zero-order chi connectivity index (χ0) is 19.1. The molecule has 0 spiro atoms. The number of halogens is 1. The molecule has 0 atom stereocenters. The van der Waals surface area contributed by atoms with Crippen LogP contribution in [0.2, 0.25) is 5.02 Å². The van der Waals surface area contributed by atoms with Gasteiger partial charge in [-0.2, -0.15) is 5.10 Å². The SMILES string of the molecule is CCOc1cc(Cl)c(C=NNc2nc(-c3ccccc3)cs2)cc1OCC. The molecule has 7 heteroatoms. The third kappa shape index (κ3) is 4.99. The highest BCUT2D eigenvalue weighted by Crippen LogP contribution is 2.33. The highest BCUT2D eigenvalue weighted by molar-refractivity contribution is 7.14. The summed E-state index contributed by atoms with van der Waals surface area (Å²) in [6, 6.07) is 13.6. The van der Waals surface area contributed by atoms with Crippen molar-refractivity contribution in [3.8, 4) is 22.8 Å². The summed E-state index contributed by atoms with van der Waals surface area (Å²) < 4.78 is 11.2. The molecule has 0 aliphatic carbocycles. The highest BCUT2D eigenvalue weighted by Gasteiger charge is 2.10. The maximum Gasteiger partial charge on any atom is 0.203 e. The predicted octanol–water partition coefficient (Wildman–Crippen LogP) is 5.71. The number of nitrogens with zero attached hydrogens (tertiary/aromatic N) is 2. The van der Waals surface area contributed by atoms with Crippen LogP contribution in [0.4, 0.5) is 5.13 Å². The zero-order valence-corrected chi connectivity index (χ0v) is 16.7. The van der Waals surface area contributed by atoms with Crippen molar-refractivity contribution in [1.82, 2.24) is 4.98 Å². The number of anilines is 1. The number of nitrogens with one attached hydrogen (secondary N) is 1. The average molecular weight is 402 g/mol. The van der Waals surface area contributed by atoms with Gasteiger partial charge in [0.1, 0.15) is 0 Å². The Morgan fingerprint density at radius 1 is 1.11 bits per heavy atom. The predicted molar refractivity (Wildman–Crippen MR) is 113 cm³/mol. The molecule has 140 valence electrons. The normalized spacial score (nSPS) is 10.9. The van der Waals surface area contributed by atoms with Gasteiger partial charge < -0.3 is 9.47 Å². The van der Waals surface area contributed by atoms with E-state index in [1.165, 1.54) is 11.3 Å². The van der Waals surface area contributed by atoms with Crippen LogP contribution in [0, 0.1) is 0 Å². The molecule has 1 aromatic heterocycles. The number of ether oxygens (including phenoxy) is 2. The summed E-state index contributed by atoms with van der Waals surface area (Å²) in [6.07, 6.45) is 1.64. The lowest BCUT2D eigenvalue weighted by atomic mass is 10.2. The fraction of sp³-hybridized carbons (Fsp3) is 0.200. The second-order valence-corrected chi connectivity index (χ2v) is 6.73. The molecular weight excluding hydrogens is 382 g/mol. The molecular formula is C20H20ClN3O2S. The average Bonchev–Trinajstić information content (AvgIpc) is 3.15. The van der Waals surface area contributed by atoms with E-state index in [-0.39, 0.29) is 0 Å². The Kier molecular flexibility index (Phi) is 6.68. The lowest BCUT2D eigenvalue weighted by Crippen LogP contribution is -2.00. The van der Waals surface area contributed by atoms with Crippen molar-refractivity contribution in [3.05, 3.63) is 58.4 Å². The largest absolute Gasteiger partial charge is 0.490 e. The van der Waals surface area contributed by atoms with Crippen molar-refractivity contribution in [2.24, 2.45) is 5.10 Å². The third-order valence-electron chi connectivity index (χ3n) is 3.60. The first-order chi connectivity index (χ1) is 13.2. The summed E-state index contributed by atoms with van der Waals surface area (Å²) in [5.74, 6) is 1.27. The molecule has 0 aliphatic heterocycles. The molecule has 0 saturated heterocycles. The molecule has 0 aliphatic rings. The first kappa shape index (κ1) is 19.2. The molecule has 0 unspecified atom stereocenters. The van der Waals surface area contributed by atoms with Gasteiger partial charge in [0.25, 0.3) is 0 Å². The van der Waals surface area contributed by atoms with Crippen LogP contribution in [-0.2, 0) is 0 Å². The molecule has 5 nitrogen and oxygen atoms in total. The minimum atomic E-state index is 0.538. The van der Waals surface area contributed by atoms with E-state index in [0.29, 0.717) is 34.9 Å². The molecule has 0 radical (unpaired) electrons. The molecule has 27 heavy (non-hydrogen) atoms. The Morgan fingerprint density at radius 3 is 2.52 bits per heavy atom. The maximum absolute atomic E-state index is 6.34. The monoisotopic (exact) mass is 401 g/mol. The van der Waals surface area contributed by atoms with Crippen LogP contribution in [0.25, 0.3) is 11.3 Å². The van der Waals surface area contributed by atoms with Gasteiger partial charge in [0.2, 0.25) is 5.13 Å². The Hall–Kier alpha value is -2.57. The lowest BCUT2D eigenvalue weighted by Gasteiger charge is -2.12. The van der Waals surface area contributed by atoms with Crippen LogP contribution in [0.3, 0.4) is 0 Å². The van der Waals surface area contributed by atoms with E-state index in [4.69, 9.17) is 21.1 Å². The van der Waals surface area contributed by atoms with Crippen LogP contribution in [0.15, 0.2) is 52.9 Å². The van der Waals surface area contributed by atoms with Crippen LogP contribution in [0.5, 0.6) is 11.5 Å². The number of hydrogen-bond acceptors (Lipinski definition) is 6. The van der Waals surface area contributed by atoms with E-state index >= 15 is 0 Å². The molecule has 0 fully saturated rings. The number of hydrogen-bond donors (Lipinski definition) is 1. The quantitative estimate of drug-likeness (QED) is 0.388. The van der Waals surface area contributed by atoms with Crippen LogP contribution in [-0.4, -0.2) is 24.4 Å². The van der Waals surface area contributed by atoms with Gasteiger partial charge in [-0.3, -0.25) is 5.43 Å². The van der Waals surface area contributed by atoms with Crippen molar-refractivity contribution in [1.29, 1.82) is 0 Å². The summed E-state index contributed by atoms with van der Waals surface area (Å²) in [6.45, 7) is 4.92. The smallest absolute Gasteiger partial charge is 0.203 e. The van der Waals surface area contributed by atoms with Crippen molar-refractivity contribution in [3.63, 3.8) is 0 Å². The van der Waals surface area contributed by atoms with Gasteiger partial charge in [0, 0.05) is 22.6 Å². The maximum atomic E-state index is 6.34. The number of benzene rings is 2. The van der Waals surface area contributed by atoms with Gasteiger partial charge in [-0.05, 0) is 19.9 Å². The lowest BCUT2D eigenvalue weighted by molar-refractivity contribution is 0.288. The summed E-state index contributed by atoms with van der Waals surface area (Å²) in [4.78, 5) is 4.54. The van der Waals surface area contributed by atoms with Crippen molar-refractivity contribution < 1.29 is 9.47 Å². The van der Waals surface area contributed by atoms with Crippen LogP contribution >= 0.6 is 22.9 Å². The minimum absolute atomic E-state index is 0.538. The Labute approximate surface area is 167 Å². The van der Waals surface area contributed by atoms with E-state index in [1.807, 2.05) is 55.6 Å². The van der Waals surface area contributed by atoms with Gasteiger partial charge in [0.15, 0.2) is 11.5 Å². The molecule has 0 saturated carbocycles. The Balaban J connectivity index is 1.73. The summed E-state index contributed by atoms with van der Waals surface area (Å²) in [5, 5.41) is 7.48. The molecule has 0 amide bonds. The number of rotatable bonds is 8. The van der Waals surface area contributed by atoms with Gasteiger partial charge in [-0.1, -0.05) is 41.9 Å². The Bertz CT molecular complexity index is 913. The standard InChI is InChI=1S/C20H20ClN3O2S/c1-3-25-18-10-15(16(21)11-19(18)26-4-2)12-22-24-20-23-17(13-27-20)14-8-6-5-7-9-14/h5-13H,3-4H2,1-2H3,(H,23,24). The second-order valence-electron chi connectivity index (χ2n) is 5.46. The van der Waals surface area contributed by atoms with E-state index in [0.717, 1.165) is 16.8 Å².